The molecule has 2 N–H and O–H groups in total. The average Bonchev–Trinajstić information content (AvgIpc) is 2.83. The number of halogens is 1. The highest BCUT2D eigenvalue weighted by atomic mass is 35.5. The second-order valence-electron chi connectivity index (χ2n) is 8.03. The number of nitrogens with two attached hydrogens (primary N) is 1. The molecule has 1 heterocycles. The minimum atomic E-state index is 0.640. The molecule has 6 rings (SSSR count). The highest BCUT2D eigenvalue weighted by molar-refractivity contribution is 6.31. The van der Waals surface area contributed by atoms with E-state index >= 15 is 0 Å². The van der Waals surface area contributed by atoms with Crippen molar-refractivity contribution in [3.8, 4) is 22.4 Å². The lowest BCUT2D eigenvalue weighted by molar-refractivity contribution is 1.41. The molecule has 0 saturated carbocycles. The monoisotopic (exact) mass is 430 g/mol. The van der Waals surface area contributed by atoms with Crippen LogP contribution in [0, 0.1) is 0 Å². The van der Waals surface area contributed by atoms with E-state index in [-0.39, 0.29) is 0 Å². The number of anilines is 1. The van der Waals surface area contributed by atoms with Crippen LogP contribution in [0.25, 0.3) is 54.8 Å². The van der Waals surface area contributed by atoms with Gasteiger partial charge in [0.1, 0.15) is 0 Å². The molecule has 5 aromatic carbocycles. The summed E-state index contributed by atoms with van der Waals surface area (Å²) in [7, 11) is 0. The Balaban J connectivity index is 1.52. The smallest absolute Gasteiger partial charge is 0.0716 e. The summed E-state index contributed by atoms with van der Waals surface area (Å²) >= 11 is 6.06. The van der Waals surface area contributed by atoms with Crippen molar-refractivity contribution in [2.75, 3.05) is 5.73 Å². The van der Waals surface area contributed by atoms with Gasteiger partial charge in [0.05, 0.1) is 11.2 Å². The molecule has 0 aliphatic carbocycles. The predicted octanol–water partition coefficient (Wildman–Crippen LogP) is 8.11. The number of hydrogen-bond donors (Lipinski definition) is 1. The molecule has 0 saturated heterocycles. The second kappa shape index (κ2) is 7.37. The SMILES string of the molecule is Nc1cc(Cl)ccc1-c1ccc2nc(-c3cc4ccccc4c4ccccc34)ccc2c1. The molecule has 1 aromatic heterocycles. The Morgan fingerprint density at radius 1 is 0.594 bits per heavy atom. The van der Waals surface area contributed by atoms with E-state index < -0.39 is 0 Å². The molecule has 0 spiro atoms. The van der Waals surface area contributed by atoms with Crippen LogP contribution in [0.1, 0.15) is 0 Å². The Morgan fingerprint density at radius 3 is 2.22 bits per heavy atom. The molecule has 152 valence electrons. The third-order valence-electron chi connectivity index (χ3n) is 6.06. The molecular formula is C29H19ClN2. The molecule has 32 heavy (non-hydrogen) atoms. The van der Waals surface area contributed by atoms with Crippen LogP contribution in [0.4, 0.5) is 5.69 Å². The van der Waals surface area contributed by atoms with Crippen molar-refractivity contribution in [3.63, 3.8) is 0 Å². The fourth-order valence-corrected chi connectivity index (χ4v) is 4.69. The van der Waals surface area contributed by atoms with E-state index in [0.717, 1.165) is 33.3 Å². The van der Waals surface area contributed by atoms with E-state index in [1.54, 1.807) is 6.07 Å². The van der Waals surface area contributed by atoms with Gasteiger partial charge in [0.15, 0.2) is 0 Å². The molecule has 0 atom stereocenters. The first-order valence-electron chi connectivity index (χ1n) is 10.5. The van der Waals surface area contributed by atoms with Crippen molar-refractivity contribution >= 4 is 49.7 Å². The van der Waals surface area contributed by atoms with E-state index in [4.69, 9.17) is 22.3 Å². The zero-order chi connectivity index (χ0) is 21.7. The van der Waals surface area contributed by atoms with E-state index in [1.165, 1.54) is 21.5 Å². The van der Waals surface area contributed by atoms with Crippen LogP contribution in [0.15, 0.2) is 103 Å². The van der Waals surface area contributed by atoms with Gasteiger partial charge in [-0.25, -0.2) is 4.98 Å². The summed E-state index contributed by atoms with van der Waals surface area (Å²) in [6.07, 6.45) is 0. The number of aromatic nitrogens is 1. The van der Waals surface area contributed by atoms with Crippen LogP contribution < -0.4 is 5.73 Å². The van der Waals surface area contributed by atoms with Crippen molar-refractivity contribution in [2.45, 2.75) is 0 Å². The minimum Gasteiger partial charge on any atom is -0.398 e. The van der Waals surface area contributed by atoms with Crippen molar-refractivity contribution in [2.24, 2.45) is 0 Å². The Kier molecular flexibility index (Phi) is 4.34. The summed E-state index contributed by atoms with van der Waals surface area (Å²) in [4.78, 5) is 5.02. The average molecular weight is 431 g/mol. The molecule has 3 heteroatoms. The van der Waals surface area contributed by atoms with Crippen molar-refractivity contribution in [1.29, 1.82) is 0 Å². The van der Waals surface area contributed by atoms with Crippen molar-refractivity contribution < 1.29 is 0 Å². The Hall–Kier alpha value is -3.88. The predicted molar refractivity (Wildman–Crippen MR) is 137 cm³/mol. The normalized spacial score (nSPS) is 11.4. The van der Waals surface area contributed by atoms with Gasteiger partial charge >= 0.3 is 0 Å². The first-order chi connectivity index (χ1) is 15.7. The van der Waals surface area contributed by atoms with Gasteiger partial charge in [-0.3, -0.25) is 0 Å². The zero-order valence-electron chi connectivity index (χ0n) is 17.2. The summed E-state index contributed by atoms with van der Waals surface area (Å²) in [5.41, 5.74) is 12.0. The number of hydrogen-bond acceptors (Lipinski definition) is 2. The van der Waals surface area contributed by atoms with Crippen molar-refractivity contribution in [1.82, 2.24) is 4.98 Å². The third kappa shape index (κ3) is 3.08. The summed E-state index contributed by atoms with van der Waals surface area (Å²) in [5, 5.41) is 6.65. The number of nitrogen functional groups attached to an aromatic ring is 1. The number of benzene rings is 5. The zero-order valence-corrected chi connectivity index (χ0v) is 18.0. The van der Waals surface area contributed by atoms with Gasteiger partial charge in [-0.15, -0.1) is 0 Å². The Labute approximate surface area is 190 Å². The Morgan fingerprint density at radius 2 is 1.38 bits per heavy atom. The molecule has 0 fully saturated rings. The van der Waals surface area contributed by atoms with Gasteiger partial charge < -0.3 is 5.73 Å². The maximum atomic E-state index is 6.20. The Bertz CT molecular complexity index is 1650. The molecule has 0 amide bonds. The maximum Gasteiger partial charge on any atom is 0.0716 e. The van der Waals surface area contributed by atoms with Gasteiger partial charge in [-0.1, -0.05) is 78.3 Å². The lowest BCUT2D eigenvalue weighted by Crippen LogP contribution is -1.91. The number of fused-ring (bicyclic) bond motifs is 4. The molecule has 0 radical (unpaired) electrons. The summed E-state index contributed by atoms with van der Waals surface area (Å²) < 4.78 is 0. The van der Waals surface area contributed by atoms with Gasteiger partial charge in [0.2, 0.25) is 0 Å². The fraction of sp³-hybridized carbons (Fsp3) is 0. The molecule has 0 unspecified atom stereocenters. The minimum absolute atomic E-state index is 0.640. The van der Waals surface area contributed by atoms with Crippen LogP contribution >= 0.6 is 11.6 Å². The van der Waals surface area contributed by atoms with Crippen LogP contribution in [0.5, 0.6) is 0 Å². The third-order valence-corrected chi connectivity index (χ3v) is 6.29. The highest BCUT2D eigenvalue weighted by Gasteiger charge is 2.11. The van der Waals surface area contributed by atoms with Crippen LogP contribution in [-0.4, -0.2) is 4.98 Å². The quantitative estimate of drug-likeness (QED) is 0.222. The summed E-state index contributed by atoms with van der Waals surface area (Å²) in [6, 6.07) is 35.4. The second-order valence-corrected chi connectivity index (χ2v) is 8.46. The molecule has 0 aliphatic heterocycles. The summed E-state index contributed by atoms with van der Waals surface area (Å²) in [6.45, 7) is 0. The van der Waals surface area contributed by atoms with E-state index in [9.17, 15) is 0 Å². The maximum absolute atomic E-state index is 6.20. The lowest BCUT2D eigenvalue weighted by atomic mass is 9.95. The topological polar surface area (TPSA) is 38.9 Å². The number of rotatable bonds is 2. The van der Waals surface area contributed by atoms with Gasteiger partial charge in [-0.05, 0) is 63.5 Å². The standard InChI is InChI=1S/C29H19ClN2/c30-21-11-12-23(27(31)17-21)19-9-13-28-20(15-19)10-14-29(32-28)26-16-18-5-1-2-6-22(18)24-7-3-4-8-25(24)26/h1-17H,31H2. The first kappa shape index (κ1) is 18.9. The van der Waals surface area contributed by atoms with Crippen LogP contribution in [-0.2, 0) is 0 Å². The van der Waals surface area contributed by atoms with Gasteiger partial charge in [0.25, 0.3) is 0 Å². The van der Waals surface area contributed by atoms with Gasteiger partial charge in [-0.2, -0.15) is 0 Å². The highest BCUT2D eigenvalue weighted by Crippen LogP contribution is 2.35. The van der Waals surface area contributed by atoms with E-state index in [0.29, 0.717) is 10.7 Å². The van der Waals surface area contributed by atoms with Crippen molar-refractivity contribution in [3.05, 3.63) is 108 Å². The van der Waals surface area contributed by atoms with Crippen LogP contribution in [0.3, 0.4) is 0 Å². The first-order valence-corrected chi connectivity index (χ1v) is 10.9. The van der Waals surface area contributed by atoms with Crippen LogP contribution in [0.2, 0.25) is 5.02 Å². The molecular weight excluding hydrogens is 412 g/mol. The summed E-state index contributed by atoms with van der Waals surface area (Å²) in [5.74, 6) is 0. The molecule has 6 aromatic rings. The number of nitrogens with zero attached hydrogens (tertiary/aromatic N) is 1. The number of pyridine rings is 1. The lowest BCUT2D eigenvalue weighted by Gasteiger charge is -2.12. The molecule has 2 nitrogen and oxygen atoms in total. The van der Waals surface area contributed by atoms with Gasteiger partial charge in [0, 0.05) is 27.2 Å². The molecule has 0 bridgehead atoms. The molecule has 0 aliphatic rings. The fourth-order valence-electron chi connectivity index (χ4n) is 4.51. The van der Waals surface area contributed by atoms with E-state index in [1.807, 2.05) is 12.1 Å². The largest absolute Gasteiger partial charge is 0.398 e. The van der Waals surface area contributed by atoms with E-state index in [2.05, 4.69) is 84.9 Å².